The molecule has 0 unspecified atom stereocenters. The Balaban J connectivity index is 2.46. The fourth-order valence-corrected chi connectivity index (χ4v) is 1.19. The third-order valence-electron chi connectivity index (χ3n) is 1.80. The quantitative estimate of drug-likeness (QED) is 0.703. The molecular formula is C9H10N4. The van der Waals surface area contributed by atoms with Gasteiger partial charge < -0.3 is 5.73 Å². The molecule has 0 fully saturated rings. The van der Waals surface area contributed by atoms with Gasteiger partial charge in [-0.25, -0.2) is 0 Å². The number of hydrogen-bond acceptors (Lipinski definition) is 3. The standard InChI is InChI=1S/C9H10N4/c1-13-6-8(4-12-13)7-2-9(10)5-11-3-7/h2-6H,10H2,1H3. The summed E-state index contributed by atoms with van der Waals surface area (Å²) >= 11 is 0. The van der Waals surface area contributed by atoms with Crippen LogP contribution < -0.4 is 5.73 Å². The van der Waals surface area contributed by atoms with Crippen molar-refractivity contribution in [2.75, 3.05) is 5.73 Å². The van der Waals surface area contributed by atoms with E-state index in [0.29, 0.717) is 5.69 Å². The number of nitrogens with zero attached hydrogens (tertiary/aromatic N) is 3. The van der Waals surface area contributed by atoms with Gasteiger partial charge in [-0.1, -0.05) is 0 Å². The summed E-state index contributed by atoms with van der Waals surface area (Å²) < 4.78 is 1.75. The summed E-state index contributed by atoms with van der Waals surface area (Å²) in [4.78, 5) is 4.01. The van der Waals surface area contributed by atoms with Crippen LogP contribution in [0.25, 0.3) is 11.1 Å². The molecule has 0 amide bonds. The number of nitrogen functional groups attached to an aromatic ring is 1. The molecule has 66 valence electrons. The average molecular weight is 174 g/mol. The second-order valence-electron chi connectivity index (χ2n) is 2.91. The van der Waals surface area contributed by atoms with Crippen LogP contribution in [0.1, 0.15) is 0 Å². The smallest absolute Gasteiger partial charge is 0.0568 e. The summed E-state index contributed by atoms with van der Waals surface area (Å²) in [5.74, 6) is 0. The zero-order chi connectivity index (χ0) is 9.26. The zero-order valence-corrected chi connectivity index (χ0v) is 7.31. The van der Waals surface area contributed by atoms with Gasteiger partial charge in [0.15, 0.2) is 0 Å². The molecule has 0 bridgehead atoms. The summed E-state index contributed by atoms with van der Waals surface area (Å²) in [5, 5.41) is 4.07. The number of aryl methyl sites for hydroxylation is 1. The van der Waals surface area contributed by atoms with Gasteiger partial charge in [0.1, 0.15) is 0 Å². The fourth-order valence-electron chi connectivity index (χ4n) is 1.19. The van der Waals surface area contributed by atoms with Crippen LogP contribution in [-0.4, -0.2) is 14.8 Å². The Hall–Kier alpha value is -1.84. The van der Waals surface area contributed by atoms with Gasteiger partial charge in [-0.05, 0) is 6.07 Å². The highest BCUT2D eigenvalue weighted by Gasteiger charge is 2.00. The predicted molar refractivity (Wildman–Crippen MR) is 50.9 cm³/mol. The summed E-state index contributed by atoms with van der Waals surface area (Å²) in [6, 6.07) is 1.88. The lowest BCUT2D eigenvalue weighted by molar-refractivity contribution is 0.768. The minimum Gasteiger partial charge on any atom is -0.397 e. The number of anilines is 1. The van der Waals surface area contributed by atoms with E-state index in [4.69, 9.17) is 5.73 Å². The van der Waals surface area contributed by atoms with Gasteiger partial charge in [0, 0.05) is 36.8 Å². The molecule has 0 saturated heterocycles. The summed E-state index contributed by atoms with van der Waals surface area (Å²) in [5.41, 5.74) is 8.30. The van der Waals surface area contributed by atoms with Crippen molar-refractivity contribution in [1.29, 1.82) is 0 Å². The second kappa shape index (κ2) is 2.90. The Bertz CT molecular complexity index is 419. The van der Waals surface area contributed by atoms with E-state index >= 15 is 0 Å². The first-order valence-electron chi connectivity index (χ1n) is 3.95. The average Bonchev–Trinajstić information content (AvgIpc) is 2.52. The Labute approximate surface area is 76.0 Å². The van der Waals surface area contributed by atoms with Crippen LogP contribution in [0.15, 0.2) is 30.9 Å². The van der Waals surface area contributed by atoms with Crippen molar-refractivity contribution >= 4 is 5.69 Å². The van der Waals surface area contributed by atoms with Gasteiger partial charge in [-0.2, -0.15) is 5.10 Å². The Morgan fingerprint density at radius 1 is 1.23 bits per heavy atom. The molecule has 2 heterocycles. The molecule has 4 nitrogen and oxygen atoms in total. The molecule has 2 N–H and O–H groups in total. The van der Waals surface area contributed by atoms with E-state index in [9.17, 15) is 0 Å². The Morgan fingerprint density at radius 2 is 2.08 bits per heavy atom. The zero-order valence-electron chi connectivity index (χ0n) is 7.31. The highest BCUT2D eigenvalue weighted by molar-refractivity contribution is 5.64. The molecule has 0 atom stereocenters. The normalized spacial score (nSPS) is 10.2. The second-order valence-corrected chi connectivity index (χ2v) is 2.91. The lowest BCUT2D eigenvalue weighted by Crippen LogP contribution is -1.87. The van der Waals surface area contributed by atoms with E-state index in [1.165, 1.54) is 0 Å². The van der Waals surface area contributed by atoms with Crippen LogP contribution >= 0.6 is 0 Å². The molecule has 2 rings (SSSR count). The topological polar surface area (TPSA) is 56.7 Å². The van der Waals surface area contributed by atoms with Gasteiger partial charge in [0.05, 0.1) is 11.9 Å². The van der Waals surface area contributed by atoms with Crippen molar-refractivity contribution in [3.8, 4) is 11.1 Å². The number of pyridine rings is 1. The number of hydrogen-bond donors (Lipinski definition) is 1. The van der Waals surface area contributed by atoms with Crippen LogP contribution in [0, 0.1) is 0 Å². The SMILES string of the molecule is Cn1cc(-c2cncc(N)c2)cn1. The predicted octanol–water partition coefficient (Wildman–Crippen LogP) is 1.06. The van der Waals surface area contributed by atoms with E-state index in [1.54, 1.807) is 23.3 Å². The number of nitrogens with two attached hydrogens (primary N) is 1. The molecule has 0 aliphatic heterocycles. The fraction of sp³-hybridized carbons (Fsp3) is 0.111. The third-order valence-corrected chi connectivity index (χ3v) is 1.80. The minimum atomic E-state index is 0.668. The highest BCUT2D eigenvalue weighted by atomic mass is 15.2. The van der Waals surface area contributed by atoms with Gasteiger partial charge in [-0.3, -0.25) is 9.67 Å². The highest BCUT2D eigenvalue weighted by Crippen LogP contribution is 2.18. The van der Waals surface area contributed by atoms with Crippen LogP contribution in [0.2, 0.25) is 0 Å². The molecule has 2 aromatic heterocycles. The Kier molecular flexibility index (Phi) is 1.73. The maximum absolute atomic E-state index is 5.61. The molecule has 13 heavy (non-hydrogen) atoms. The van der Waals surface area contributed by atoms with E-state index in [-0.39, 0.29) is 0 Å². The molecule has 2 aromatic rings. The lowest BCUT2D eigenvalue weighted by Gasteiger charge is -1.96. The third kappa shape index (κ3) is 1.51. The van der Waals surface area contributed by atoms with Gasteiger partial charge in [0.2, 0.25) is 0 Å². The summed E-state index contributed by atoms with van der Waals surface area (Å²) in [6.45, 7) is 0. The van der Waals surface area contributed by atoms with Gasteiger partial charge in [0.25, 0.3) is 0 Å². The van der Waals surface area contributed by atoms with Crippen molar-refractivity contribution in [2.24, 2.45) is 7.05 Å². The van der Waals surface area contributed by atoms with Crippen molar-refractivity contribution in [3.05, 3.63) is 30.9 Å². The van der Waals surface area contributed by atoms with Gasteiger partial charge in [-0.15, -0.1) is 0 Å². The first kappa shape index (κ1) is 7.79. The molecule has 0 aromatic carbocycles. The van der Waals surface area contributed by atoms with E-state index in [1.807, 2.05) is 19.3 Å². The van der Waals surface area contributed by atoms with Gasteiger partial charge >= 0.3 is 0 Å². The maximum atomic E-state index is 5.61. The summed E-state index contributed by atoms with van der Waals surface area (Å²) in [6.07, 6.45) is 7.11. The molecule has 0 saturated carbocycles. The summed E-state index contributed by atoms with van der Waals surface area (Å²) in [7, 11) is 1.88. The lowest BCUT2D eigenvalue weighted by atomic mass is 10.1. The van der Waals surface area contributed by atoms with Crippen LogP contribution in [-0.2, 0) is 7.05 Å². The molecule has 0 spiro atoms. The molecule has 4 heteroatoms. The minimum absolute atomic E-state index is 0.668. The van der Waals surface area contributed by atoms with Crippen LogP contribution in [0.3, 0.4) is 0 Å². The van der Waals surface area contributed by atoms with Crippen molar-refractivity contribution in [2.45, 2.75) is 0 Å². The molecule has 0 aliphatic carbocycles. The molecular weight excluding hydrogens is 164 g/mol. The molecule has 0 radical (unpaired) electrons. The first-order valence-corrected chi connectivity index (χ1v) is 3.95. The van der Waals surface area contributed by atoms with E-state index in [0.717, 1.165) is 11.1 Å². The van der Waals surface area contributed by atoms with Crippen LogP contribution in [0.5, 0.6) is 0 Å². The van der Waals surface area contributed by atoms with Crippen LogP contribution in [0.4, 0.5) is 5.69 Å². The van der Waals surface area contributed by atoms with E-state index in [2.05, 4.69) is 10.1 Å². The first-order chi connectivity index (χ1) is 6.25. The monoisotopic (exact) mass is 174 g/mol. The molecule has 0 aliphatic rings. The van der Waals surface area contributed by atoms with Crippen molar-refractivity contribution < 1.29 is 0 Å². The van der Waals surface area contributed by atoms with Crippen molar-refractivity contribution in [1.82, 2.24) is 14.8 Å². The van der Waals surface area contributed by atoms with Crippen molar-refractivity contribution in [3.63, 3.8) is 0 Å². The van der Waals surface area contributed by atoms with E-state index < -0.39 is 0 Å². The Morgan fingerprint density at radius 3 is 2.69 bits per heavy atom. The largest absolute Gasteiger partial charge is 0.397 e. The maximum Gasteiger partial charge on any atom is 0.0568 e. The number of rotatable bonds is 1. The number of aromatic nitrogens is 3.